The molecule has 0 radical (unpaired) electrons. The highest BCUT2D eigenvalue weighted by Crippen LogP contribution is 2.19. The first-order valence-electron chi connectivity index (χ1n) is 6.32. The molecule has 0 spiro atoms. The Morgan fingerprint density at radius 1 is 1.48 bits per heavy atom. The third-order valence-electron chi connectivity index (χ3n) is 2.84. The molecule has 0 fully saturated rings. The lowest BCUT2D eigenvalue weighted by molar-refractivity contribution is 0.0893. The molecular formula is C12H16ClN5O3. The molecule has 8 nitrogen and oxygen atoms in total. The second kappa shape index (κ2) is 6.68. The van der Waals surface area contributed by atoms with Crippen LogP contribution in [0.2, 0.25) is 5.02 Å². The minimum absolute atomic E-state index is 0.0891. The van der Waals surface area contributed by atoms with Crippen molar-refractivity contribution in [3.63, 3.8) is 0 Å². The van der Waals surface area contributed by atoms with E-state index in [0.717, 1.165) is 11.4 Å². The molecule has 2 rings (SSSR count). The van der Waals surface area contributed by atoms with Gasteiger partial charge < -0.3 is 14.6 Å². The van der Waals surface area contributed by atoms with E-state index in [0.29, 0.717) is 24.0 Å². The molecule has 2 aromatic rings. The molecule has 0 saturated heterocycles. The monoisotopic (exact) mass is 313 g/mol. The average Bonchev–Trinajstić information content (AvgIpc) is 3.01. The Hall–Kier alpha value is -1.93. The van der Waals surface area contributed by atoms with Crippen LogP contribution < -0.4 is 5.32 Å². The van der Waals surface area contributed by atoms with Crippen LogP contribution in [-0.2, 0) is 11.3 Å². The first-order chi connectivity index (χ1) is 10.0. The van der Waals surface area contributed by atoms with E-state index in [1.807, 2.05) is 13.8 Å². The first kappa shape index (κ1) is 15.5. The molecular weight excluding hydrogens is 298 g/mol. The minimum Gasteiger partial charge on any atom is -0.383 e. The molecule has 1 N–H and O–H groups in total. The highest BCUT2D eigenvalue weighted by Gasteiger charge is 2.16. The zero-order chi connectivity index (χ0) is 15.4. The van der Waals surface area contributed by atoms with Gasteiger partial charge in [0, 0.05) is 13.7 Å². The topological polar surface area (TPSA) is 95.1 Å². The van der Waals surface area contributed by atoms with Gasteiger partial charge in [-0.2, -0.15) is 10.1 Å². The van der Waals surface area contributed by atoms with E-state index in [4.69, 9.17) is 20.9 Å². The number of nitrogens with zero attached hydrogens (tertiary/aromatic N) is 4. The maximum absolute atomic E-state index is 11.7. The van der Waals surface area contributed by atoms with Crippen molar-refractivity contribution >= 4 is 17.5 Å². The van der Waals surface area contributed by atoms with Crippen LogP contribution in [0.1, 0.15) is 27.9 Å². The summed E-state index contributed by atoms with van der Waals surface area (Å²) in [4.78, 5) is 15.7. The van der Waals surface area contributed by atoms with Crippen LogP contribution in [0.4, 0.5) is 0 Å². The number of aryl methyl sites for hydroxylation is 1. The summed E-state index contributed by atoms with van der Waals surface area (Å²) < 4.78 is 11.4. The zero-order valence-corrected chi connectivity index (χ0v) is 12.8. The molecule has 0 bridgehead atoms. The van der Waals surface area contributed by atoms with Crippen LogP contribution in [0.25, 0.3) is 0 Å². The molecule has 0 saturated carbocycles. The maximum Gasteiger partial charge on any atom is 0.316 e. The molecule has 0 unspecified atom stereocenters. The second-order valence-electron chi connectivity index (χ2n) is 4.41. The quantitative estimate of drug-likeness (QED) is 0.798. The molecule has 2 aromatic heterocycles. The summed E-state index contributed by atoms with van der Waals surface area (Å²) >= 11 is 6.07. The molecule has 0 aliphatic carbocycles. The Morgan fingerprint density at radius 3 is 2.86 bits per heavy atom. The van der Waals surface area contributed by atoms with Crippen LogP contribution in [0, 0.1) is 13.8 Å². The van der Waals surface area contributed by atoms with Gasteiger partial charge in [0.05, 0.1) is 23.0 Å². The van der Waals surface area contributed by atoms with E-state index in [2.05, 4.69) is 20.6 Å². The zero-order valence-electron chi connectivity index (χ0n) is 12.0. The van der Waals surface area contributed by atoms with Crippen LogP contribution in [0.15, 0.2) is 4.52 Å². The Labute approximate surface area is 126 Å². The van der Waals surface area contributed by atoms with Crippen LogP contribution in [-0.4, -0.2) is 46.1 Å². The van der Waals surface area contributed by atoms with Crippen molar-refractivity contribution in [1.29, 1.82) is 0 Å². The van der Waals surface area contributed by atoms with E-state index in [-0.39, 0.29) is 12.4 Å². The molecule has 0 aromatic carbocycles. The standard InChI is InChI=1S/C12H16ClN5O3/c1-7-10(13)8(2)18(16-7)6-9-15-12(21-17-9)11(19)14-4-5-20-3/h4-6H2,1-3H3,(H,14,19). The fraction of sp³-hybridized carbons (Fsp3) is 0.500. The molecule has 0 aliphatic rings. The Balaban J connectivity index is 2.03. The fourth-order valence-electron chi connectivity index (χ4n) is 1.72. The summed E-state index contributed by atoms with van der Waals surface area (Å²) in [6.07, 6.45) is 0. The number of methoxy groups -OCH3 is 1. The van der Waals surface area contributed by atoms with Crippen molar-refractivity contribution in [3.05, 3.63) is 28.1 Å². The van der Waals surface area contributed by atoms with E-state index in [9.17, 15) is 4.79 Å². The number of amides is 1. The molecule has 0 atom stereocenters. The third kappa shape index (κ3) is 3.59. The predicted octanol–water partition coefficient (Wildman–Crippen LogP) is 0.961. The number of aromatic nitrogens is 4. The number of carbonyl (C=O) groups is 1. The summed E-state index contributed by atoms with van der Waals surface area (Å²) in [5, 5.41) is 11.2. The van der Waals surface area contributed by atoms with Crippen molar-refractivity contribution in [2.75, 3.05) is 20.3 Å². The normalized spacial score (nSPS) is 10.9. The van der Waals surface area contributed by atoms with E-state index in [1.165, 1.54) is 0 Å². The van der Waals surface area contributed by atoms with Crippen molar-refractivity contribution in [2.45, 2.75) is 20.4 Å². The number of halogens is 1. The smallest absolute Gasteiger partial charge is 0.316 e. The summed E-state index contributed by atoms with van der Waals surface area (Å²) in [5.41, 5.74) is 1.54. The van der Waals surface area contributed by atoms with Crippen molar-refractivity contribution in [2.24, 2.45) is 0 Å². The van der Waals surface area contributed by atoms with Crippen molar-refractivity contribution in [3.8, 4) is 0 Å². The Kier molecular flexibility index (Phi) is 4.92. The van der Waals surface area contributed by atoms with Gasteiger partial charge in [0.25, 0.3) is 0 Å². The number of nitrogens with one attached hydrogen (secondary N) is 1. The largest absolute Gasteiger partial charge is 0.383 e. The van der Waals surface area contributed by atoms with E-state index >= 15 is 0 Å². The van der Waals surface area contributed by atoms with Crippen LogP contribution in [0.5, 0.6) is 0 Å². The summed E-state index contributed by atoms with van der Waals surface area (Å²) in [7, 11) is 1.55. The molecule has 1 amide bonds. The number of rotatable bonds is 6. The van der Waals surface area contributed by atoms with Gasteiger partial charge in [-0.1, -0.05) is 16.8 Å². The molecule has 114 valence electrons. The van der Waals surface area contributed by atoms with Crippen LogP contribution >= 0.6 is 11.6 Å². The van der Waals surface area contributed by atoms with Gasteiger partial charge in [-0.05, 0) is 13.8 Å². The van der Waals surface area contributed by atoms with E-state index < -0.39 is 5.91 Å². The highest BCUT2D eigenvalue weighted by atomic mass is 35.5. The molecule has 9 heteroatoms. The molecule has 2 heterocycles. The maximum atomic E-state index is 11.7. The lowest BCUT2D eigenvalue weighted by Gasteiger charge is -2.00. The average molecular weight is 314 g/mol. The van der Waals surface area contributed by atoms with E-state index in [1.54, 1.807) is 11.8 Å². The van der Waals surface area contributed by atoms with Crippen molar-refractivity contribution in [1.82, 2.24) is 25.2 Å². The highest BCUT2D eigenvalue weighted by molar-refractivity contribution is 6.31. The lowest BCUT2D eigenvalue weighted by atomic mass is 10.4. The number of hydrogen-bond acceptors (Lipinski definition) is 6. The predicted molar refractivity (Wildman–Crippen MR) is 74.3 cm³/mol. The Morgan fingerprint density at radius 2 is 2.24 bits per heavy atom. The SMILES string of the molecule is COCCNC(=O)c1nc(Cn2nc(C)c(Cl)c2C)no1. The summed E-state index contributed by atoms with van der Waals surface area (Å²) in [6, 6.07) is 0. The van der Waals surface area contributed by atoms with Crippen LogP contribution in [0.3, 0.4) is 0 Å². The lowest BCUT2D eigenvalue weighted by Crippen LogP contribution is -2.27. The van der Waals surface area contributed by atoms with Gasteiger partial charge in [-0.25, -0.2) is 0 Å². The molecule has 21 heavy (non-hydrogen) atoms. The number of ether oxygens (including phenoxy) is 1. The van der Waals surface area contributed by atoms with Gasteiger partial charge in [0.1, 0.15) is 6.54 Å². The van der Waals surface area contributed by atoms with Gasteiger partial charge in [-0.15, -0.1) is 0 Å². The van der Waals surface area contributed by atoms with Gasteiger partial charge >= 0.3 is 11.8 Å². The summed E-state index contributed by atoms with van der Waals surface area (Å²) in [5.74, 6) is -0.167. The van der Waals surface area contributed by atoms with Gasteiger partial charge in [0.2, 0.25) is 0 Å². The van der Waals surface area contributed by atoms with Gasteiger partial charge in [-0.3, -0.25) is 9.48 Å². The summed E-state index contributed by atoms with van der Waals surface area (Å²) in [6.45, 7) is 4.74. The number of carbonyl (C=O) groups excluding carboxylic acids is 1. The van der Waals surface area contributed by atoms with Gasteiger partial charge in [0.15, 0.2) is 5.82 Å². The Bertz CT molecular complexity index is 637. The fourth-order valence-corrected chi connectivity index (χ4v) is 1.85. The molecule has 0 aliphatic heterocycles. The second-order valence-corrected chi connectivity index (χ2v) is 4.78. The third-order valence-corrected chi connectivity index (χ3v) is 3.39. The van der Waals surface area contributed by atoms with Crippen molar-refractivity contribution < 1.29 is 14.1 Å². The minimum atomic E-state index is -0.433. The first-order valence-corrected chi connectivity index (χ1v) is 6.70. The number of hydrogen-bond donors (Lipinski definition) is 1.